The molecule has 0 fully saturated rings. The van der Waals surface area contributed by atoms with Gasteiger partial charge in [-0.2, -0.15) is 4.68 Å². The van der Waals surface area contributed by atoms with Crippen molar-refractivity contribution in [3.8, 4) is 11.4 Å². The lowest BCUT2D eigenvalue weighted by molar-refractivity contribution is -0.119. The molecule has 0 aliphatic heterocycles. The molecule has 28 heavy (non-hydrogen) atoms. The van der Waals surface area contributed by atoms with E-state index in [4.69, 9.17) is 4.74 Å². The quantitative estimate of drug-likeness (QED) is 0.587. The van der Waals surface area contributed by atoms with E-state index in [0.29, 0.717) is 5.16 Å². The molecule has 0 unspecified atom stereocenters. The summed E-state index contributed by atoms with van der Waals surface area (Å²) in [5.74, 6) is 0.938. The number of aromatic nitrogens is 4. The molecule has 8 heteroatoms. The van der Waals surface area contributed by atoms with Crippen molar-refractivity contribution in [3.05, 3.63) is 59.7 Å². The number of benzene rings is 2. The Kier molecular flexibility index (Phi) is 6.65. The van der Waals surface area contributed by atoms with Gasteiger partial charge in [0, 0.05) is 0 Å². The van der Waals surface area contributed by atoms with Crippen LogP contribution in [0.5, 0.6) is 5.75 Å². The van der Waals surface area contributed by atoms with Crippen LogP contribution in [0.15, 0.2) is 53.7 Å². The van der Waals surface area contributed by atoms with Crippen LogP contribution in [0, 0.1) is 6.92 Å². The van der Waals surface area contributed by atoms with Crippen molar-refractivity contribution in [1.29, 1.82) is 0 Å². The molecule has 7 nitrogen and oxygen atoms in total. The molecule has 0 aliphatic carbocycles. The highest BCUT2D eigenvalue weighted by Crippen LogP contribution is 2.21. The Morgan fingerprint density at radius 1 is 1.18 bits per heavy atom. The number of carbonyl (C=O) groups is 1. The number of tetrazole rings is 1. The zero-order valence-electron chi connectivity index (χ0n) is 16.1. The predicted octanol–water partition coefficient (Wildman–Crippen LogP) is 3.34. The highest BCUT2D eigenvalue weighted by molar-refractivity contribution is 7.99. The van der Waals surface area contributed by atoms with Crippen molar-refractivity contribution < 1.29 is 9.53 Å². The molecule has 0 saturated carbocycles. The minimum atomic E-state index is -0.0540. The molecule has 1 heterocycles. The van der Waals surface area contributed by atoms with Gasteiger partial charge in [-0.25, -0.2) is 0 Å². The van der Waals surface area contributed by atoms with Gasteiger partial charge in [-0.1, -0.05) is 48.5 Å². The fourth-order valence-electron chi connectivity index (χ4n) is 2.74. The zero-order chi connectivity index (χ0) is 19.9. The summed E-state index contributed by atoms with van der Waals surface area (Å²) < 4.78 is 6.77. The van der Waals surface area contributed by atoms with Crippen LogP contribution >= 0.6 is 11.8 Å². The zero-order valence-corrected chi connectivity index (χ0v) is 16.9. The SMILES string of the molecule is CC[C@H](NC(=O)CSc1nnnn1-c1ccc(OC)cc1)c1ccc(C)cc1. The van der Waals surface area contributed by atoms with Gasteiger partial charge in [0.05, 0.1) is 24.6 Å². The third kappa shape index (κ3) is 4.89. The van der Waals surface area contributed by atoms with Crippen LogP contribution < -0.4 is 10.1 Å². The number of carbonyl (C=O) groups excluding carboxylic acids is 1. The third-order valence-corrected chi connectivity index (χ3v) is 5.23. The maximum absolute atomic E-state index is 12.5. The maximum Gasteiger partial charge on any atom is 0.230 e. The van der Waals surface area contributed by atoms with Crippen molar-refractivity contribution in [2.75, 3.05) is 12.9 Å². The first-order valence-corrected chi connectivity index (χ1v) is 10.0. The standard InChI is InChI=1S/C20H23N5O2S/c1-4-18(15-7-5-14(2)6-8-15)21-19(26)13-28-20-22-23-24-25(20)16-9-11-17(27-3)12-10-16/h5-12,18H,4,13H2,1-3H3,(H,21,26)/t18-/m0/s1. The fraction of sp³-hybridized carbons (Fsp3) is 0.300. The van der Waals surface area contributed by atoms with Crippen LogP contribution in [0.25, 0.3) is 5.69 Å². The maximum atomic E-state index is 12.5. The van der Waals surface area contributed by atoms with Gasteiger partial charge in [-0.15, -0.1) is 5.10 Å². The molecule has 146 valence electrons. The Morgan fingerprint density at radius 3 is 2.54 bits per heavy atom. The summed E-state index contributed by atoms with van der Waals surface area (Å²) >= 11 is 1.30. The normalized spacial score (nSPS) is 11.8. The summed E-state index contributed by atoms with van der Waals surface area (Å²) in [5.41, 5.74) is 3.11. The van der Waals surface area contributed by atoms with Crippen LogP contribution in [0.4, 0.5) is 0 Å². The second-order valence-electron chi connectivity index (χ2n) is 6.30. The summed E-state index contributed by atoms with van der Waals surface area (Å²) in [6, 6.07) is 15.6. The first-order valence-electron chi connectivity index (χ1n) is 9.02. The molecule has 0 radical (unpaired) electrons. The number of ether oxygens (including phenoxy) is 1. The molecule has 0 saturated heterocycles. The van der Waals surface area contributed by atoms with Gasteiger partial charge in [0.25, 0.3) is 0 Å². The number of thioether (sulfide) groups is 1. The average molecular weight is 398 g/mol. The lowest BCUT2D eigenvalue weighted by Crippen LogP contribution is -2.29. The first kappa shape index (κ1) is 19.9. The first-order chi connectivity index (χ1) is 13.6. The average Bonchev–Trinajstić information content (AvgIpc) is 3.20. The number of aryl methyl sites for hydroxylation is 1. The second kappa shape index (κ2) is 9.36. The van der Waals surface area contributed by atoms with Gasteiger partial charge in [0.15, 0.2) is 0 Å². The third-order valence-electron chi connectivity index (χ3n) is 4.31. The molecule has 1 atom stereocenters. The van der Waals surface area contributed by atoms with Crippen molar-refractivity contribution >= 4 is 17.7 Å². The topological polar surface area (TPSA) is 81.9 Å². The van der Waals surface area contributed by atoms with E-state index in [1.165, 1.54) is 17.3 Å². The van der Waals surface area contributed by atoms with Crippen molar-refractivity contribution in [1.82, 2.24) is 25.5 Å². The van der Waals surface area contributed by atoms with Crippen molar-refractivity contribution in [2.24, 2.45) is 0 Å². The number of hydrogen-bond acceptors (Lipinski definition) is 6. The van der Waals surface area contributed by atoms with Crippen LogP contribution in [0.3, 0.4) is 0 Å². The van der Waals surface area contributed by atoms with Gasteiger partial charge in [-0.3, -0.25) is 4.79 Å². The molecule has 0 aliphatic rings. The van der Waals surface area contributed by atoms with E-state index >= 15 is 0 Å². The molecule has 3 aromatic rings. The van der Waals surface area contributed by atoms with Gasteiger partial charge < -0.3 is 10.1 Å². The molecule has 2 aromatic carbocycles. The Labute approximate surface area is 168 Å². The van der Waals surface area contributed by atoms with Gasteiger partial charge in [-0.05, 0) is 53.6 Å². The van der Waals surface area contributed by atoms with Crippen molar-refractivity contribution in [3.63, 3.8) is 0 Å². The van der Waals surface area contributed by atoms with E-state index in [2.05, 4.69) is 52.0 Å². The Morgan fingerprint density at radius 2 is 1.89 bits per heavy atom. The van der Waals surface area contributed by atoms with Crippen LogP contribution in [0.2, 0.25) is 0 Å². The lowest BCUT2D eigenvalue weighted by Gasteiger charge is -2.17. The molecular formula is C20H23N5O2S. The number of methoxy groups -OCH3 is 1. The molecule has 0 bridgehead atoms. The van der Waals surface area contributed by atoms with E-state index in [1.54, 1.807) is 11.8 Å². The predicted molar refractivity (Wildman–Crippen MR) is 109 cm³/mol. The number of nitrogens with zero attached hydrogens (tertiary/aromatic N) is 4. The molecule has 0 spiro atoms. The minimum absolute atomic E-state index is 0.00807. The lowest BCUT2D eigenvalue weighted by atomic mass is 10.0. The molecule has 1 aromatic heterocycles. The van der Waals surface area contributed by atoms with Gasteiger partial charge in [0.1, 0.15) is 5.75 Å². The number of amides is 1. The fourth-order valence-corrected chi connectivity index (χ4v) is 3.44. The van der Waals surface area contributed by atoms with E-state index in [9.17, 15) is 4.79 Å². The Balaban J connectivity index is 1.61. The summed E-state index contributed by atoms with van der Waals surface area (Å²) in [7, 11) is 1.62. The second-order valence-corrected chi connectivity index (χ2v) is 7.24. The highest BCUT2D eigenvalue weighted by atomic mass is 32.2. The molecule has 1 N–H and O–H groups in total. The Hall–Kier alpha value is -2.87. The summed E-state index contributed by atoms with van der Waals surface area (Å²) in [6.45, 7) is 4.11. The van der Waals surface area contributed by atoms with Gasteiger partial charge >= 0.3 is 0 Å². The van der Waals surface area contributed by atoms with E-state index in [0.717, 1.165) is 23.4 Å². The van der Waals surface area contributed by atoms with E-state index < -0.39 is 0 Å². The number of rotatable bonds is 8. The minimum Gasteiger partial charge on any atom is -0.497 e. The molecule has 3 rings (SSSR count). The van der Waals surface area contributed by atoms with Crippen LogP contribution in [-0.2, 0) is 4.79 Å². The van der Waals surface area contributed by atoms with Crippen molar-refractivity contribution in [2.45, 2.75) is 31.5 Å². The Bertz CT molecular complexity index is 909. The number of hydrogen-bond donors (Lipinski definition) is 1. The smallest absolute Gasteiger partial charge is 0.230 e. The summed E-state index contributed by atoms with van der Waals surface area (Å²) in [6.07, 6.45) is 0.822. The number of nitrogens with one attached hydrogen (secondary N) is 1. The summed E-state index contributed by atoms with van der Waals surface area (Å²) in [4.78, 5) is 12.5. The largest absolute Gasteiger partial charge is 0.497 e. The van der Waals surface area contributed by atoms with E-state index in [1.807, 2.05) is 31.2 Å². The monoisotopic (exact) mass is 397 g/mol. The van der Waals surface area contributed by atoms with Crippen LogP contribution in [-0.4, -0.2) is 39.0 Å². The van der Waals surface area contributed by atoms with E-state index in [-0.39, 0.29) is 17.7 Å². The van der Waals surface area contributed by atoms with Gasteiger partial charge in [0.2, 0.25) is 11.1 Å². The summed E-state index contributed by atoms with van der Waals surface area (Å²) in [5, 5.41) is 15.4. The molecule has 1 amide bonds. The molecular weight excluding hydrogens is 374 g/mol. The van der Waals surface area contributed by atoms with Crippen LogP contribution in [0.1, 0.15) is 30.5 Å². The highest BCUT2D eigenvalue weighted by Gasteiger charge is 2.15.